The number of hydrogen-bond acceptors (Lipinski definition) is 2. The highest BCUT2D eigenvalue weighted by molar-refractivity contribution is 5.94. The molecule has 0 bridgehead atoms. The van der Waals surface area contributed by atoms with Crippen LogP contribution >= 0.6 is 0 Å². The van der Waals surface area contributed by atoms with Gasteiger partial charge >= 0.3 is 0 Å². The van der Waals surface area contributed by atoms with Crippen molar-refractivity contribution in [2.75, 3.05) is 13.1 Å². The summed E-state index contributed by atoms with van der Waals surface area (Å²) in [6.45, 7) is 1.83. The third kappa shape index (κ3) is 2.98. The van der Waals surface area contributed by atoms with Crippen LogP contribution < -0.4 is 10.6 Å². The fraction of sp³-hybridized carbons (Fsp3) is 0.562. The van der Waals surface area contributed by atoms with Crippen LogP contribution in [0, 0.1) is 0 Å². The quantitative estimate of drug-likeness (QED) is 0.871. The second-order valence-corrected chi connectivity index (χ2v) is 5.69. The molecule has 1 aromatic carbocycles. The molecule has 0 spiro atoms. The third-order valence-corrected chi connectivity index (χ3v) is 4.28. The summed E-state index contributed by atoms with van der Waals surface area (Å²) in [5, 5.41) is 6.44. The highest BCUT2D eigenvalue weighted by Gasteiger charge is 2.16. The number of benzene rings is 1. The van der Waals surface area contributed by atoms with Gasteiger partial charge in [0.25, 0.3) is 5.91 Å². The lowest BCUT2D eigenvalue weighted by Gasteiger charge is -2.17. The van der Waals surface area contributed by atoms with Crippen LogP contribution in [0.4, 0.5) is 0 Å². The van der Waals surface area contributed by atoms with Gasteiger partial charge in [-0.2, -0.15) is 0 Å². The van der Waals surface area contributed by atoms with Gasteiger partial charge in [0.05, 0.1) is 0 Å². The zero-order chi connectivity index (χ0) is 13.1. The van der Waals surface area contributed by atoms with Gasteiger partial charge in [-0.15, -0.1) is 0 Å². The van der Waals surface area contributed by atoms with Crippen LogP contribution in [0.5, 0.6) is 0 Å². The van der Waals surface area contributed by atoms with Crippen LogP contribution in [0.25, 0.3) is 0 Å². The molecule has 0 saturated carbocycles. The number of amides is 1. The van der Waals surface area contributed by atoms with Crippen LogP contribution in [0.15, 0.2) is 18.2 Å². The molecule has 1 heterocycles. The zero-order valence-corrected chi connectivity index (χ0v) is 11.4. The van der Waals surface area contributed by atoms with E-state index in [9.17, 15) is 4.79 Å². The Morgan fingerprint density at radius 3 is 2.84 bits per heavy atom. The van der Waals surface area contributed by atoms with Crippen molar-refractivity contribution in [3.63, 3.8) is 0 Å². The second-order valence-electron chi connectivity index (χ2n) is 5.69. The maximum Gasteiger partial charge on any atom is 0.251 e. The van der Waals surface area contributed by atoms with E-state index in [4.69, 9.17) is 0 Å². The summed E-state index contributed by atoms with van der Waals surface area (Å²) in [6, 6.07) is 6.66. The SMILES string of the molecule is O=C(NCC1CCCN1)c1ccc2c(c1)CCCC2. The normalized spacial score (nSPS) is 22.0. The van der Waals surface area contributed by atoms with Crippen molar-refractivity contribution in [1.29, 1.82) is 0 Å². The van der Waals surface area contributed by atoms with Crippen molar-refractivity contribution >= 4 is 5.91 Å². The molecule has 1 atom stereocenters. The number of rotatable bonds is 3. The lowest BCUT2D eigenvalue weighted by atomic mass is 9.90. The molecule has 3 rings (SSSR count). The van der Waals surface area contributed by atoms with Crippen molar-refractivity contribution in [3.05, 3.63) is 34.9 Å². The summed E-state index contributed by atoms with van der Waals surface area (Å²) in [7, 11) is 0. The fourth-order valence-corrected chi connectivity index (χ4v) is 3.12. The van der Waals surface area contributed by atoms with Gasteiger partial charge in [-0.25, -0.2) is 0 Å². The van der Waals surface area contributed by atoms with Gasteiger partial charge in [-0.1, -0.05) is 6.07 Å². The van der Waals surface area contributed by atoms with Gasteiger partial charge in [0.2, 0.25) is 0 Å². The lowest BCUT2D eigenvalue weighted by molar-refractivity contribution is 0.0950. The molecule has 2 aliphatic rings. The van der Waals surface area contributed by atoms with Crippen LogP contribution in [-0.4, -0.2) is 25.0 Å². The number of fused-ring (bicyclic) bond motifs is 1. The summed E-state index contributed by atoms with van der Waals surface area (Å²) < 4.78 is 0. The average molecular weight is 258 g/mol. The Hall–Kier alpha value is -1.35. The van der Waals surface area contributed by atoms with Gasteiger partial charge in [0, 0.05) is 18.2 Å². The molecule has 2 N–H and O–H groups in total. The van der Waals surface area contributed by atoms with Gasteiger partial charge in [0.15, 0.2) is 0 Å². The van der Waals surface area contributed by atoms with Crippen LogP contribution in [-0.2, 0) is 12.8 Å². The average Bonchev–Trinajstić information content (AvgIpc) is 2.97. The minimum Gasteiger partial charge on any atom is -0.350 e. The first-order chi connectivity index (χ1) is 9.33. The predicted octanol–water partition coefficient (Wildman–Crippen LogP) is 2.05. The molecule has 1 unspecified atom stereocenters. The summed E-state index contributed by atoms with van der Waals surface area (Å²) in [5.41, 5.74) is 3.62. The van der Waals surface area contributed by atoms with E-state index in [0.717, 1.165) is 25.1 Å². The molecule has 1 aliphatic heterocycles. The summed E-state index contributed by atoms with van der Waals surface area (Å²) in [4.78, 5) is 12.1. The van der Waals surface area contributed by atoms with Crippen molar-refractivity contribution in [2.45, 2.75) is 44.6 Å². The lowest BCUT2D eigenvalue weighted by Crippen LogP contribution is -2.37. The minimum absolute atomic E-state index is 0.0714. The minimum atomic E-state index is 0.0714. The van der Waals surface area contributed by atoms with Gasteiger partial charge in [-0.05, 0) is 68.3 Å². The summed E-state index contributed by atoms with van der Waals surface area (Å²) in [6.07, 6.45) is 7.23. The third-order valence-electron chi connectivity index (χ3n) is 4.28. The number of hydrogen-bond donors (Lipinski definition) is 2. The van der Waals surface area contributed by atoms with E-state index in [-0.39, 0.29) is 5.91 Å². The highest BCUT2D eigenvalue weighted by Crippen LogP contribution is 2.22. The molecule has 0 aromatic heterocycles. The molecule has 1 saturated heterocycles. The van der Waals surface area contributed by atoms with E-state index in [0.29, 0.717) is 6.04 Å². The number of aryl methyl sites for hydroxylation is 2. The summed E-state index contributed by atoms with van der Waals surface area (Å²) >= 11 is 0. The molecule has 3 heteroatoms. The molecule has 19 heavy (non-hydrogen) atoms. The van der Waals surface area contributed by atoms with Crippen molar-refractivity contribution in [1.82, 2.24) is 10.6 Å². The van der Waals surface area contributed by atoms with Crippen molar-refractivity contribution in [3.8, 4) is 0 Å². The van der Waals surface area contributed by atoms with E-state index >= 15 is 0 Å². The Morgan fingerprint density at radius 1 is 1.21 bits per heavy atom. The largest absolute Gasteiger partial charge is 0.350 e. The Bertz CT molecular complexity index is 464. The Kier molecular flexibility index (Phi) is 3.83. The molecule has 1 aliphatic carbocycles. The second kappa shape index (κ2) is 5.74. The van der Waals surface area contributed by atoms with Crippen molar-refractivity contribution in [2.24, 2.45) is 0 Å². The zero-order valence-electron chi connectivity index (χ0n) is 11.4. The van der Waals surface area contributed by atoms with Crippen molar-refractivity contribution < 1.29 is 4.79 Å². The number of carbonyl (C=O) groups excluding carboxylic acids is 1. The predicted molar refractivity (Wildman–Crippen MR) is 76.4 cm³/mol. The summed E-state index contributed by atoms with van der Waals surface area (Å²) in [5.74, 6) is 0.0714. The Morgan fingerprint density at radius 2 is 2.05 bits per heavy atom. The monoisotopic (exact) mass is 258 g/mol. The first-order valence-electron chi connectivity index (χ1n) is 7.46. The molecule has 1 fully saturated rings. The van der Waals surface area contributed by atoms with E-state index in [1.54, 1.807) is 0 Å². The Labute approximate surface area is 114 Å². The molecule has 0 radical (unpaired) electrons. The van der Waals surface area contributed by atoms with Gasteiger partial charge in [-0.3, -0.25) is 4.79 Å². The van der Waals surface area contributed by atoms with Gasteiger partial charge < -0.3 is 10.6 Å². The number of carbonyl (C=O) groups is 1. The standard InChI is InChI=1S/C16H22N2O/c19-16(18-11-15-6-3-9-17-15)14-8-7-12-4-1-2-5-13(12)10-14/h7-8,10,15,17H,1-6,9,11H2,(H,18,19). The first-order valence-corrected chi connectivity index (χ1v) is 7.46. The molecule has 3 nitrogen and oxygen atoms in total. The molecule has 102 valence electrons. The van der Waals surface area contributed by atoms with E-state index in [2.05, 4.69) is 22.8 Å². The maximum absolute atomic E-state index is 12.1. The topological polar surface area (TPSA) is 41.1 Å². The maximum atomic E-state index is 12.1. The van der Waals surface area contributed by atoms with Crippen LogP contribution in [0.2, 0.25) is 0 Å². The van der Waals surface area contributed by atoms with Crippen LogP contribution in [0.1, 0.15) is 47.2 Å². The van der Waals surface area contributed by atoms with E-state index in [1.165, 1.54) is 43.2 Å². The van der Waals surface area contributed by atoms with Crippen LogP contribution in [0.3, 0.4) is 0 Å². The highest BCUT2D eigenvalue weighted by atomic mass is 16.1. The molecule has 1 aromatic rings. The Balaban J connectivity index is 1.62. The molecule has 1 amide bonds. The van der Waals surface area contributed by atoms with Gasteiger partial charge in [0.1, 0.15) is 0 Å². The van der Waals surface area contributed by atoms with E-state index < -0.39 is 0 Å². The smallest absolute Gasteiger partial charge is 0.251 e. The first kappa shape index (κ1) is 12.7. The number of nitrogens with one attached hydrogen (secondary N) is 2. The van der Waals surface area contributed by atoms with E-state index in [1.807, 2.05) is 6.07 Å². The molecular formula is C16H22N2O. The molecular weight excluding hydrogens is 236 g/mol. The fourth-order valence-electron chi connectivity index (χ4n) is 3.12.